The Labute approximate surface area is 76.8 Å². The molecule has 1 aliphatic heterocycles. The summed E-state index contributed by atoms with van der Waals surface area (Å²) in [5.41, 5.74) is 5.16. The molecule has 0 bridgehead atoms. The van der Waals surface area contributed by atoms with Gasteiger partial charge in [-0.3, -0.25) is 14.5 Å². The molecule has 74 valence electrons. The lowest BCUT2D eigenvalue weighted by Gasteiger charge is -2.32. The highest BCUT2D eigenvalue weighted by Gasteiger charge is 2.27. The van der Waals surface area contributed by atoms with Gasteiger partial charge in [-0.15, -0.1) is 0 Å². The molecular formula is C8H14N2O3. The van der Waals surface area contributed by atoms with Gasteiger partial charge in [0, 0.05) is 6.54 Å². The van der Waals surface area contributed by atoms with Gasteiger partial charge in [-0.25, -0.2) is 0 Å². The molecule has 0 aromatic heterocycles. The van der Waals surface area contributed by atoms with E-state index in [1.54, 1.807) is 4.90 Å². The third kappa shape index (κ3) is 2.78. The predicted octanol–water partition coefficient (Wildman–Crippen LogP) is -1.24. The number of morpholine rings is 1. The van der Waals surface area contributed by atoms with Crippen LogP contribution in [0, 0.1) is 0 Å². The van der Waals surface area contributed by atoms with Crippen LogP contribution in [0.1, 0.15) is 6.92 Å². The summed E-state index contributed by atoms with van der Waals surface area (Å²) < 4.78 is 5.10. The maximum Gasteiger partial charge on any atom is 0.237 e. The first-order valence-electron chi connectivity index (χ1n) is 4.22. The Morgan fingerprint density at radius 2 is 2.31 bits per heavy atom. The van der Waals surface area contributed by atoms with Gasteiger partial charge in [0.15, 0.2) is 0 Å². The van der Waals surface area contributed by atoms with Crippen LogP contribution in [0.2, 0.25) is 0 Å². The van der Waals surface area contributed by atoms with Crippen molar-refractivity contribution in [1.29, 1.82) is 0 Å². The quantitative estimate of drug-likeness (QED) is 0.598. The first kappa shape index (κ1) is 10.1. The molecule has 5 heteroatoms. The lowest BCUT2D eigenvalue weighted by molar-refractivity contribution is -0.131. The molecule has 1 atom stereocenters. The van der Waals surface area contributed by atoms with Crippen molar-refractivity contribution in [2.75, 3.05) is 26.3 Å². The van der Waals surface area contributed by atoms with Crippen molar-refractivity contribution in [1.82, 2.24) is 4.90 Å². The summed E-state index contributed by atoms with van der Waals surface area (Å²) in [6.45, 7) is 3.21. The minimum atomic E-state index is -0.447. The minimum absolute atomic E-state index is 0.0353. The van der Waals surface area contributed by atoms with E-state index in [1.165, 1.54) is 6.92 Å². The number of hydrogen-bond donors (Lipinski definition) is 1. The second kappa shape index (κ2) is 4.34. The topological polar surface area (TPSA) is 72.6 Å². The number of ketones is 1. The molecule has 1 aliphatic rings. The first-order valence-corrected chi connectivity index (χ1v) is 4.22. The van der Waals surface area contributed by atoms with Crippen LogP contribution < -0.4 is 5.73 Å². The van der Waals surface area contributed by atoms with Gasteiger partial charge < -0.3 is 10.5 Å². The molecule has 0 radical (unpaired) electrons. The molecular weight excluding hydrogens is 172 g/mol. The summed E-state index contributed by atoms with van der Waals surface area (Å²) in [6, 6.07) is -0.447. The van der Waals surface area contributed by atoms with E-state index in [1.807, 2.05) is 0 Å². The summed E-state index contributed by atoms with van der Waals surface area (Å²) in [6.07, 6.45) is 0. The van der Waals surface area contributed by atoms with Crippen LogP contribution in [0.15, 0.2) is 0 Å². The van der Waals surface area contributed by atoms with Crippen LogP contribution in [-0.2, 0) is 14.3 Å². The molecule has 13 heavy (non-hydrogen) atoms. The van der Waals surface area contributed by atoms with Crippen LogP contribution in [0.4, 0.5) is 0 Å². The van der Waals surface area contributed by atoms with E-state index in [-0.39, 0.29) is 12.3 Å². The monoisotopic (exact) mass is 186 g/mol. The predicted molar refractivity (Wildman–Crippen MR) is 46.1 cm³/mol. The van der Waals surface area contributed by atoms with Gasteiger partial charge in [-0.2, -0.15) is 0 Å². The highest BCUT2D eigenvalue weighted by molar-refractivity contribution is 5.82. The van der Waals surface area contributed by atoms with Gasteiger partial charge in [0.25, 0.3) is 0 Å². The number of carbonyl (C=O) groups excluding carboxylic acids is 2. The number of Topliss-reactive ketones (excluding diaryl/α,β-unsaturated/α-hetero) is 1. The third-order valence-corrected chi connectivity index (χ3v) is 1.99. The van der Waals surface area contributed by atoms with E-state index in [0.29, 0.717) is 19.8 Å². The maximum atomic E-state index is 10.9. The van der Waals surface area contributed by atoms with Crippen molar-refractivity contribution in [3.05, 3.63) is 0 Å². The van der Waals surface area contributed by atoms with E-state index >= 15 is 0 Å². The average Bonchev–Trinajstić information content (AvgIpc) is 2.03. The number of amides is 1. The fourth-order valence-electron chi connectivity index (χ4n) is 1.38. The van der Waals surface area contributed by atoms with Gasteiger partial charge in [-0.1, -0.05) is 0 Å². The SMILES string of the molecule is CC(=O)CN1CCOCC1C(N)=O. The Kier molecular flexibility index (Phi) is 3.39. The van der Waals surface area contributed by atoms with Crippen LogP contribution in [0.3, 0.4) is 0 Å². The number of rotatable bonds is 3. The molecule has 5 nitrogen and oxygen atoms in total. The van der Waals surface area contributed by atoms with Gasteiger partial charge in [0.1, 0.15) is 11.8 Å². The van der Waals surface area contributed by atoms with E-state index in [4.69, 9.17) is 10.5 Å². The largest absolute Gasteiger partial charge is 0.378 e. The van der Waals surface area contributed by atoms with E-state index in [0.717, 1.165) is 0 Å². The molecule has 0 aromatic carbocycles. The number of nitrogens with two attached hydrogens (primary N) is 1. The Bertz CT molecular complexity index is 217. The summed E-state index contributed by atoms with van der Waals surface area (Å²) in [4.78, 5) is 23.5. The highest BCUT2D eigenvalue weighted by Crippen LogP contribution is 2.05. The Hall–Kier alpha value is -0.940. The molecule has 0 spiro atoms. The van der Waals surface area contributed by atoms with E-state index in [2.05, 4.69) is 0 Å². The molecule has 1 fully saturated rings. The minimum Gasteiger partial charge on any atom is -0.378 e. The summed E-state index contributed by atoms with van der Waals surface area (Å²) >= 11 is 0. The molecule has 1 saturated heterocycles. The van der Waals surface area contributed by atoms with Gasteiger partial charge in [0.2, 0.25) is 5.91 Å². The van der Waals surface area contributed by atoms with Crippen molar-refractivity contribution in [3.8, 4) is 0 Å². The Balaban J connectivity index is 2.56. The molecule has 1 heterocycles. The Morgan fingerprint density at radius 1 is 1.62 bits per heavy atom. The molecule has 0 aromatic rings. The maximum absolute atomic E-state index is 10.9. The summed E-state index contributed by atoms with van der Waals surface area (Å²) in [5.74, 6) is -0.394. The van der Waals surface area contributed by atoms with Crippen molar-refractivity contribution in [2.45, 2.75) is 13.0 Å². The van der Waals surface area contributed by atoms with Crippen molar-refractivity contribution >= 4 is 11.7 Å². The molecule has 1 rings (SSSR count). The lowest BCUT2D eigenvalue weighted by Crippen LogP contribution is -2.53. The molecule has 1 amide bonds. The molecule has 0 saturated carbocycles. The third-order valence-electron chi connectivity index (χ3n) is 1.99. The van der Waals surface area contributed by atoms with Crippen molar-refractivity contribution in [3.63, 3.8) is 0 Å². The zero-order valence-electron chi connectivity index (χ0n) is 7.66. The van der Waals surface area contributed by atoms with Crippen LogP contribution >= 0.6 is 0 Å². The molecule has 1 unspecified atom stereocenters. The molecule has 2 N–H and O–H groups in total. The number of ether oxygens (including phenoxy) is 1. The fourth-order valence-corrected chi connectivity index (χ4v) is 1.38. The van der Waals surface area contributed by atoms with Gasteiger partial charge in [0.05, 0.1) is 19.8 Å². The lowest BCUT2D eigenvalue weighted by atomic mass is 10.2. The van der Waals surface area contributed by atoms with Crippen LogP contribution in [0.25, 0.3) is 0 Å². The van der Waals surface area contributed by atoms with Gasteiger partial charge >= 0.3 is 0 Å². The number of primary amides is 1. The summed E-state index contributed by atoms with van der Waals surface area (Å²) in [5, 5.41) is 0. The van der Waals surface area contributed by atoms with Crippen molar-refractivity contribution < 1.29 is 14.3 Å². The van der Waals surface area contributed by atoms with Crippen LogP contribution in [-0.4, -0.2) is 48.9 Å². The second-order valence-electron chi connectivity index (χ2n) is 3.17. The van der Waals surface area contributed by atoms with Gasteiger partial charge in [-0.05, 0) is 6.92 Å². The highest BCUT2D eigenvalue weighted by atomic mass is 16.5. The molecule has 0 aliphatic carbocycles. The first-order chi connectivity index (χ1) is 6.11. The van der Waals surface area contributed by atoms with Crippen molar-refractivity contribution in [2.24, 2.45) is 5.73 Å². The van der Waals surface area contributed by atoms with E-state index < -0.39 is 11.9 Å². The van der Waals surface area contributed by atoms with E-state index in [9.17, 15) is 9.59 Å². The van der Waals surface area contributed by atoms with Crippen LogP contribution in [0.5, 0.6) is 0 Å². The smallest absolute Gasteiger partial charge is 0.237 e. The Morgan fingerprint density at radius 3 is 2.85 bits per heavy atom. The average molecular weight is 186 g/mol. The fraction of sp³-hybridized carbons (Fsp3) is 0.750. The normalized spacial score (nSPS) is 24.2. The summed E-state index contributed by atoms with van der Waals surface area (Å²) in [7, 11) is 0. The standard InChI is InChI=1S/C8H14N2O3/c1-6(11)4-10-2-3-13-5-7(10)8(9)12/h7H,2-5H2,1H3,(H2,9,12). The number of hydrogen-bond acceptors (Lipinski definition) is 4. The zero-order chi connectivity index (χ0) is 9.84. The second-order valence-corrected chi connectivity index (χ2v) is 3.17. The number of nitrogens with zero attached hydrogens (tertiary/aromatic N) is 1. The number of carbonyl (C=O) groups is 2. The zero-order valence-corrected chi connectivity index (χ0v) is 7.66.